The number of aliphatic hydroxyl groups excluding tert-OH is 2. The van der Waals surface area contributed by atoms with Crippen LogP contribution in [0.25, 0.3) is 0 Å². The van der Waals surface area contributed by atoms with Crippen LogP contribution in [-0.2, 0) is 20.8 Å². The number of hydrogen-bond acceptors (Lipinski definition) is 6. The summed E-state index contributed by atoms with van der Waals surface area (Å²) in [6.07, 6.45) is 9.59. The fourth-order valence-corrected chi connectivity index (χ4v) is 7.20. The van der Waals surface area contributed by atoms with Crippen LogP contribution in [0.2, 0.25) is 0 Å². The Balaban J connectivity index is 1.50. The number of nitrogens with one attached hydrogen (secondary N) is 1. The number of rotatable bonds is 19. The summed E-state index contributed by atoms with van der Waals surface area (Å²) < 4.78 is 0. The van der Waals surface area contributed by atoms with Gasteiger partial charge in [0.05, 0.1) is 18.2 Å². The van der Waals surface area contributed by atoms with Crippen LogP contribution in [0.15, 0.2) is 54.7 Å². The minimum absolute atomic E-state index is 0.0226. The fraction of sp³-hybridized carbons (Fsp3) is 0.650. The van der Waals surface area contributed by atoms with Crippen molar-refractivity contribution >= 4 is 17.7 Å². The third-order valence-electron chi connectivity index (χ3n) is 10.5. The van der Waals surface area contributed by atoms with Gasteiger partial charge in [-0.15, -0.1) is 0 Å². The van der Waals surface area contributed by atoms with E-state index in [-0.39, 0.29) is 42.6 Å². The first-order valence-electron chi connectivity index (χ1n) is 18.7. The van der Waals surface area contributed by atoms with Crippen molar-refractivity contribution in [1.29, 1.82) is 0 Å². The smallest absolute Gasteiger partial charge is 0.241 e. The highest BCUT2D eigenvalue weighted by molar-refractivity contribution is 5.89. The number of amides is 3. The first-order valence-corrected chi connectivity index (χ1v) is 18.7. The number of benzene rings is 1. The quantitative estimate of drug-likeness (QED) is 0.176. The molecule has 0 saturated heterocycles. The first-order chi connectivity index (χ1) is 23.5. The standard InChI is InChI=1S/C40H60N4O5/c1-28(2)23-36(45)39(48)35(25-30-13-7-5-8-14-30)42-40(49)33(24-31-18-19-31)26-37(46)44(29(3)32-15-9-6-10-16-32)27-38(47)43(4)22-20-34-17-11-12-21-41-34/h6,9-12,15-17,21,28-31,33,35-36,39,45,48H,5,7-8,13-14,18-20,22-27H2,1-4H3,(H,42,49)/t29-,33+,35-,36-,39+/m0/s1. The number of likely N-dealkylation sites (N-methyl/N-ethyl adjacent to an activating group) is 1. The predicted molar refractivity (Wildman–Crippen MR) is 192 cm³/mol. The highest BCUT2D eigenvalue weighted by atomic mass is 16.3. The van der Waals surface area contributed by atoms with E-state index in [1.54, 1.807) is 23.0 Å². The van der Waals surface area contributed by atoms with E-state index in [0.29, 0.717) is 44.1 Å². The molecule has 0 bridgehead atoms. The number of carbonyl (C=O) groups is 3. The maximum absolute atomic E-state index is 14.3. The second-order valence-electron chi connectivity index (χ2n) is 15.1. The van der Waals surface area contributed by atoms with Crippen LogP contribution in [0.1, 0.15) is 109 Å². The molecule has 1 aromatic heterocycles. The van der Waals surface area contributed by atoms with Gasteiger partial charge in [-0.1, -0.05) is 95.2 Å². The Hall–Kier alpha value is -3.30. The molecular formula is C40H60N4O5. The lowest BCUT2D eigenvalue weighted by Gasteiger charge is -2.34. The number of pyridine rings is 1. The SMILES string of the molecule is CC(C)C[C@H](O)[C@H](O)[C@H](CC1CCCCC1)NC(=O)[C@@H](CC(=O)N(CC(=O)N(C)CCc1ccccn1)[C@@H](C)c1ccccc1)CC1CC1. The van der Waals surface area contributed by atoms with Gasteiger partial charge in [0.15, 0.2) is 0 Å². The lowest BCUT2D eigenvalue weighted by molar-refractivity contribution is -0.144. The monoisotopic (exact) mass is 676 g/mol. The van der Waals surface area contributed by atoms with Gasteiger partial charge in [-0.25, -0.2) is 0 Å². The zero-order valence-corrected chi connectivity index (χ0v) is 30.2. The Morgan fingerprint density at radius 3 is 2.18 bits per heavy atom. The summed E-state index contributed by atoms with van der Waals surface area (Å²) in [7, 11) is 1.75. The van der Waals surface area contributed by atoms with Crippen LogP contribution in [0.4, 0.5) is 0 Å². The lowest BCUT2D eigenvalue weighted by atomic mass is 9.82. The van der Waals surface area contributed by atoms with Gasteiger partial charge in [0, 0.05) is 44.2 Å². The van der Waals surface area contributed by atoms with Crippen LogP contribution in [0, 0.1) is 23.7 Å². The van der Waals surface area contributed by atoms with Crippen molar-refractivity contribution in [2.75, 3.05) is 20.1 Å². The van der Waals surface area contributed by atoms with Crippen LogP contribution in [0.5, 0.6) is 0 Å². The summed E-state index contributed by atoms with van der Waals surface area (Å²) in [6.45, 7) is 6.31. The lowest BCUT2D eigenvalue weighted by Crippen LogP contribution is -2.52. The molecule has 1 heterocycles. The average Bonchev–Trinajstić information content (AvgIpc) is 3.93. The minimum Gasteiger partial charge on any atom is -0.390 e. The summed E-state index contributed by atoms with van der Waals surface area (Å²) in [5, 5.41) is 25.4. The van der Waals surface area contributed by atoms with Gasteiger partial charge in [-0.3, -0.25) is 19.4 Å². The predicted octanol–water partition coefficient (Wildman–Crippen LogP) is 5.70. The number of hydrogen-bond donors (Lipinski definition) is 3. The van der Waals surface area contributed by atoms with Gasteiger partial charge in [0.2, 0.25) is 17.7 Å². The molecule has 3 N–H and O–H groups in total. The van der Waals surface area contributed by atoms with E-state index >= 15 is 0 Å². The van der Waals surface area contributed by atoms with Crippen LogP contribution < -0.4 is 5.32 Å². The second kappa shape index (κ2) is 19.2. The second-order valence-corrected chi connectivity index (χ2v) is 15.1. The maximum Gasteiger partial charge on any atom is 0.241 e. The molecule has 2 aromatic rings. The molecule has 3 amide bonds. The molecule has 0 unspecified atom stereocenters. The zero-order chi connectivity index (χ0) is 35.3. The summed E-state index contributed by atoms with van der Waals surface area (Å²) in [6, 6.07) is 14.4. The molecule has 0 radical (unpaired) electrons. The molecule has 270 valence electrons. The molecule has 2 aliphatic rings. The maximum atomic E-state index is 14.3. The van der Waals surface area contributed by atoms with Crippen molar-refractivity contribution < 1.29 is 24.6 Å². The number of aliphatic hydroxyl groups is 2. The van der Waals surface area contributed by atoms with Crippen LogP contribution in [0.3, 0.4) is 0 Å². The van der Waals surface area contributed by atoms with Crippen molar-refractivity contribution in [3.63, 3.8) is 0 Å². The summed E-state index contributed by atoms with van der Waals surface area (Å²) in [4.78, 5) is 49.5. The molecule has 0 spiro atoms. The molecule has 9 nitrogen and oxygen atoms in total. The van der Waals surface area contributed by atoms with Crippen LogP contribution >= 0.6 is 0 Å². The van der Waals surface area contributed by atoms with Crippen molar-refractivity contribution in [3.05, 3.63) is 66.0 Å². The molecule has 0 aliphatic heterocycles. The van der Waals surface area contributed by atoms with E-state index in [0.717, 1.165) is 49.8 Å². The van der Waals surface area contributed by atoms with E-state index < -0.39 is 24.2 Å². The Labute approximate surface area is 293 Å². The number of carbonyl (C=O) groups excluding carboxylic acids is 3. The number of aromatic nitrogens is 1. The summed E-state index contributed by atoms with van der Waals surface area (Å²) in [5.41, 5.74) is 1.81. The Bertz CT molecular complexity index is 1300. The van der Waals surface area contributed by atoms with E-state index in [9.17, 15) is 24.6 Å². The minimum atomic E-state index is -1.08. The molecule has 4 rings (SSSR count). The van der Waals surface area contributed by atoms with E-state index in [1.165, 1.54) is 6.42 Å². The average molecular weight is 677 g/mol. The largest absolute Gasteiger partial charge is 0.390 e. The van der Waals surface area contributed by atoms with Crippen LogP contribution in [-0.4, -0.2) is 81.1 Å². The van der Waals surface area contributed by atoms with Gasteiger partial charge in [0.1, 0.15) is 12.6 Å². The van der Waals surface area contributed by atoms with Gasteiger partial charge in [0.25, 0.3) is 0 Å². The first kappa shape index (κ1) is 38.5. The highest BCUT2D eigenvalue weighted by Gasteiger charge is 2.37. The topological polar surface area (TPSA) is 123 Å². The molecular weight excluding hydrogens is 616 g/mol. The fourth-order valence-electron chi connectivity index (χ4n) is 7.20. The van der Waals surface area contributed by atoms with E-state index in [4.69, 9.17) is 0 Å². The Kier molecular flexibility index (Phi) is 15.1. The van der Waals surface area contributed by atoms with Gasteiger partial charge >= 0.3 is 0 Å². The summed E-state index contributed by atoms with van der Waals surface area (Å²) in [5.74, 6) is -0.292. The van der Waals surface area contributed by atoms with Crippen molar-refractivity contribution in [2.45, 2.75) is 122 Å². The van der Waals surface area contributed by atoms with Crippen molar-refractivity contribution in [2.24, 2.45) is 23.7 Å². The van der Waals surface area contributed by atoms with E-state index in [2.05, 4.69) is 10.3 Å². The molecule has 1 aromatic carbocycles. The van der Waals surface area contributed by atoms with Gasteiger partial charge in [-0.05, 0) is 61.6 Å². The third-order valence-corrected chi connectivity index (χ3v) is 10.5. The molecule has 49 heavy (non-hydrogen) atoms. The highest BCUT2D eigenvalue weighted by Crippen LogP contribution is 2.37. The molecule has 5 atom stereocenters. The van der Waals surface area contributed by atoms with Gasteiger partial charge < -0.3 is 25.3 Å². The zero-order valence-electron chi connectivity index (χ0n) is 30.2. The Morgan fingerprint density at radius 2 is 1.55 bits per heavy atom. The Morgan fingerprint density at radius 1 is 0.878 bits per heavy atom. The van der Waals surface area contributed by atoms with Gasteiger partial charge in [-0.2, -0.15) is 0 Å². The van der Waals surface area contributed by atoms with Crippen molar-refractivity contribution in [3.8, 4) is 0 Å². The molecule has 2 saturated carbocycles. The number of nitrogens with zero attached hydrogens (tertiary/aromatic N) is 3. The molecule has 9 heteroatoms. The molecule has 2 fully saturated rings. The van der Waals surface area contributed by atoms with E-state index in [1.807, 2.05) is 69.3 Å². The summed E-state index contributed by atoms with van der Waals surface area (Å²) >= 11 is 0. The van der Waals surface area contributed by atoms with Crippen molar-refractivity contribution in [1.82, 2.24) is 20.1 Å². The third kappa shape index (κ3) is 12.5. The normalized spacial score (nSPS) is 18.3. The molecule has 2 aliphatic carbocycles.